The number of halogens is 1. The van der Waals surface area contributed by atoms with Crippen LogP contribution in [-0.2, 0) is 0 Å². The van der Waals surface area contributed by atoms with Crippen LogP contribution in [0.5, 0.6) is 0 Å². The van der Waals surface area contributed by atoms with Crippen LogP contribution in [0.25, 0.3) is 0 Å². The average molecular weight is 213 g/mol. The van der Waals surface area contributed by atoms with E-state index in [1.54, 1.807) is 0 Å². The van der Waals surface area contributed by atoms with Gasteiger partial charge in [-0.1, -0.05) is 47.1 Å². The largest absolute Gasteiger partial charge is 0.0922 e. The Morgan fingerprint density at radius 1 is 1.36 bits per heavy atom. The molecule has 0 amide bonds. The third-order valence-corrected chi connectivity index (χ3v) is 2.92. The van der Waals surface area contributed by atoms with Gasteiger partial charge in [0.25, 0.3) is 0 Å². The van der Waals surface area contributed by atoms with Crippen molar-refractivity contribution in [1.29, 1.82) is 0 Å². The van der Waals surface area contributed by atoms with Crippen molar-refractivity contribution in [1.82, 2.24) is 0 Å². The molecule has 0 aliphatic heterocycles. The molecule has 0 saturated heterocycles. The quantitative estimate of drug-likeness (QED) is 0.659. The zero-order chi connectivity index (χ0) is 8.27. The van der Waals surface area contributed by atoms with Crippen LogP contribution < -0.4 is 0 Å². The van der Waals surface area contributed by atoms with Crippen molar-refractivity contribution in [3.05, 3.63) is 35.4 Å². The Kier molecular flexibility index (Phi) is 3.13. The monoisotopic (exact) mass is 212 g/mol. The molecule has 0 N–H and O–H groups in total. The van der Waals surface area contributed by atoms with E-state index in [2.05, 4.69) is 54.0 Å². The minimum Gasteiger partial charge on any atom is -0.0922 e. The van der Waals surface area contributed by atoms with E-state index in [4.69, 9.17) is 0 Å². The van der Waals surface area contributed by atoms with Gasteiger partial charge in [-0.05, 0) is 24.0 Å². The zero-order valence-corrected chi connectivity index (χ0v) is 8.56. The van der Waals surface area contributed by atoms with Crippen molar-refractivity contribution < 1.29 is 0 Å². The second-order valence-electron chi connectivity index (χ2n) is 2.91. The van der Waals surface area contributed by atoms with Crippen molar-refractivity contribution >= 4 is 15.9 Å². The third-order valence-electron chi connectivity index (χ3n) is 1.95. The fourth-order valence-corrected chi connectivity index (χ4v) is 1.57. The maximum absolute atomic E-state index is 3.49. The summed E-state index contributed by atoms with van der Waals surface area (Å²) in [6.07, 6.45) is 0. The lowest BCUT2D eigenvalue weighted by atomic mass is 9.98. The van der Waals surface area contributed by atoms with E-state index >= 15 is 0 Å². The summed E-state index contributed by atoms with van der Waals surface area (Å²) in [4.78, 5) is 0. The van der Waals surface area contributed by atoms with E-state index < -0.39 is 0 Å². The summed E-state index contributed by atoms with van der Waals surface area (Å²) < 4.78 is 0. The molecule has 0 aliphatic carbocycles. The molecular formula is C10H13Br. The lowest BCUT2D eigenvalue weighted by Gasteiger charge is -2.10. The number of aryl methyl sites for hydroxylation is 1. The summed E-state index contributed by atoms with van der Waals surface area (Å²) >= 11 is 3.49. The Morgan fingerprint density at radius 3 is 2.55 bits per heavy atom. The molecule has 0 spiro atoms. The molecule has 0 saturated carbocycles. The van der Waals surface area contributed by atoms with Crippen molar-refractivity contribution in [3.8, 4) is 0 Å². The Hall–Kier alpha value is -0.300. The maximum atomic E-state index is 3.49. The molecule has 60 valence electrons. The van der Waals surface area contributed by atoms with Gasteiger partial charge < -0.3 is 0 Å². The normalized spacial score (nSPS) is 13.0. The smallest absolute Gasteiger partial charge is 0.00976 e. The van der Waals surface area contributed by atoms with Gasteiger partial charge >= 0.3 is 0 Å². The number of hydrogen-bond donors (Lipinski definition) is 0. The van der Waals surface area contributed by atoms with Crippen LogP contribution in [0, 0.1) is 6.92 Å². The number of rotatable bonds is 2. The summed E-state index contributed by atoms with van der Waals surface area (Å²) in [7, 11) is 0. The lowest BCUT2D eigenvalue weighted by Crippen LogP contribution is -1.96. The van der Waals surface area contributed by atoms with Crippen LogP contribution in [0.2, 0.25) is 0 Å². The Balaban J connectivity index is 2.93. The molecule has 1 unspecified atom stereocenters. The molecule has 11 heavy (non-hydrogen) atoms. The Labute approximate surface area is 76.8 Å². The minimum atomic E-state index is 0.621. The molecule has 1 rings (SSSR count). The van der Waals surface area contributed by atoms with E-state index in [9.17, 15) is 0 Å². The molecule has 0 bridgehead atoms. The zero-order valence-electron chi connectivity index (χ0n) is 6.97. The van der Waals surface area contributed by atoms with Gasteiger partial charge in [0.15, 0.2) is 0 Å². The summed E-state index contributed by atoms with van der Waals surface area (Å²) in [5, 5.41) is 1.04. The molecular weight excluding hydrogens is 200 g/mol. The van der Waals surface area contributed by atoms with Crippen LogP contribution >= 0.6 is 15.9 Å². The van der Waals surface area contributed by atoms with Gasteiger partial charge in [-0.15, -0.1) is 0 Å². The summed E-state index contributed by atoms with van der Waals surface area (Å²) in [5.41, 5.74) is 2.84. The fraction of sp³-hybridized carbons (Fsp3) is 0.400. The highest BCUT2D eigenvalue weighted by atomic mass is 79.9. The van der Waals surface area contributed by atoms with Gasteiger partial charge in [-0.25, -0.2) is 0 Å². The molecule has 0 nitrogen and oxygen atoms in total. The average Bonchev–Trinajstić information content (AvgIpc) is 2.04. The third kappa shape index (κ3) is 2.06. The van der Waals surface area contributed by atoms with E-state index in [1.807, 2.05) is 0 Å². The number of hydrogen-bond acceptors (Lipinski definition) is 0. The van der Waals surface area contributed by atoms with Crippen molar-refractivity contribution in [2.45, 2.75) is 19.8 Å². The predicted molar refractivity (Wildman–Crippen MR) is 53.4 cm³/mol. The van der Waals surface area contributed by atoms with E-state index in [0.29, 0.717) is 5.92 Å². The Morgan fingerprint density at radius 2 is 2.00 bits per heavy atom. The topological polar surface area (TPSA) is 0 Å². The summed E-state index contributed by atoms with van der Waals surface area (Å²) in [6, 6.07) is 8.54. The first-order chi connectivity index (χ1) is 5.25. The van der Waals surface area contributed by atoms with Gasteiger partial charge in [0.05, 0.1) is 0 Å². The van der Waals surface area contributed by atoms with Crippen LogP contribution in [-0.4, -0.2) is 5.33 Å². The van der Waals surface area contributed by atoms with Gasteiger partial charge in [0, 0.05) is 5.33 Å². The molecule has 0 radical (unpaired) electrons. The second-order valence-corrected chi connectivity index (χ2v) is 3.56. The van der Waals surface area contributed by atoms with Crippen molar-refractivity contribution in [3.63, 3.8) is 0 Å². The molecule has 0 aliphatic rings. The highest BCUT2D eigenvalue weighted by Crippen LogP contribution is 2.20. The maximum Gasteiger partial charge on any atom is 0.00976 e. The fourth-order valence-electron chi connectivity index (χ4n) is 1.22. The first-order valence-electron chi connectivity index (χ1n) is 3.87. The first-order valence-corrected chi connectivity index (χ1v) is 4.99. The standard InChI is InChI=1S/C10H13Br/c1-8-5-3-4-6-10(8)9(2)7-11/h3-6,9H,7H2,1-2H3. The highest BCUT2D eigenvalue weighted by molar-refractivity contribution is 9.09. The SMILES string of the molecule is Cc1ccccc1C(C)CBr. The van der Waals surface area contributed by atoms with Gasteiger partial charge in [0.1, 0.15) is 0 Å². The van der Waals surface area contributed by atoms with Crippen molar-refractivity contribution in [2.24, 2.45) is 0 Å². The first kappa shape index (κ1) is 8.79. The van der Waals surface area contributed by atoms with E-state index in [0.717, 1.165) is 5.33 Å². The molecule has 1 atom stereocenters. The predicted octanol–water partition coefficient (Wildman–Crippen LogP) is 3.49. The molecule has 0 aromatic heterocycles. The van der Waals surface area contributed by atoms with Crippen LogP contribution in [0.3, 0.4) is 0 Å². The summed E-state index contributed by atoms with van der Waals surface area (Å²) in [6.45, 7) is 4.39. The second kappa shape index (κ2) is 3.91. The van der Waals surface area contributed by atoms with Gasteiger partial charge in [0.2, 0.25) is 0 Å². The van der Waals surface area contributed by atoms with Crippen LogP contribution in [0.4, 0.5) is 0 Å². The summed E-state index contributed by atoms with van der Waals surface area (Å²) in [5.74, 6) is 0.621. The van der Waals surface area contributed by atoms with Gasteiger partial charge in [-0.2, -0.15) is 0 Å². The van der Waals surface area contributed by atoms with Crippen LogP contribution in [0.15, 0.2) is 24.3 Å². The molecule has 1 aromatic rings. The molecule has 0 fully saturated rings. The van der Waals surface area contributed by atoms with E-state index in [-0.39, 0.29) is 0 Å². The molecule has 0 heterocycles. The molecule has 1 heteroatoms. The lowest BCUT2D eigenvalue weighted by molar-refractivity contribution is 0.877. The Bertz CT molecular complexity index is 230. The van der Waals surface area contributed by atoms with E-state index in [1.165, 1.54) is 11.1 Å². The minimum absolute atomic E-state index is 0.621. The van der Waals surface area contributed by atoms with Crippen molar-refractivity contribution in [2.75, 3.05) is 5.33 Å². The molecule has 1 aromatic carbocycles. The number of benzene rings is 1. The number of alkyl halides is 1. The highest BCUT2D eigenvalue weighted by Gasteiger charge is 2.04. The van der Waals surface area contributed by atoms with Gasteiger partial charge in [-0.3, -0.25) is 0 Å². The van der Waals surface area contributed by atoms with Crippen LogP contribution in [0.1, 0.15) is 24.0 Å².